The van der Waals surface area contributed by atoms with Gasteiger partial charge in [-0.3, -0.25) is 0 Å². The molecule has 0 aliphatic carbocycles. The number of hydrogen-bond donors (Lipinski definition) is 1. The van der Waals surface area contributed by atoms with Gasteiger partial charge < -0.3 is 9.84 Å². The molecule has 14 heavy (non-hydrogen) atoms. The van der Waals surface area contributed by atoms with E-state index in [0.717, 1.165) is 12.1 Å². The molecule has 0 heterocycles. The van der Waals surface area contributed by atoms with E-state index in [1.54, 1.807) is 0 Å². The van der Waals surface area contributed by atoms with Crippen molar-refractivity contribution >= 4 is 0 Å². The Hall–Kier alpha value is -1.16. The van der Waals surface area contributed by atoms with Crippen molar-refractivity contribution < 1.29 is 18.6 Å². The van der Waals surface area contributed by atoms with Gasteiger partial charge in [0.15, 0.2) is 11.6 Å². The van der Waals surface area contributed by atoms with E-state index in [1.807, 2.05) is 0 Å². The number of rotatable bonds is 4. The number of benzene rings is 1. The molecule has 0 unspecified atom stereocenters. The topological polar surface area (TPSA) is 29.5 Å². The number of aliphatic hydroxyl groups is 1. The maximum Gasteiger partial charge on any atom is 0.165 e. The summed E-state index contributed by atoms with van der Waals surface area (Å²) in [4.78, 5) is 0. The molecule has 4 heteroatoms. The summed E-state index contributed by atoms with van der Waals surface area (Å²) in [5, 5.41) is 8.59. The number of ether oxygens (including phenoxy) is 1. The maximum atomic E-state index is 13.2. The molecule has 0 bridgehead atoms. The van der Waals surface area contributed by atoms with Crippen molar-refractivity contribution in [1.29, 1.82) is 0 Å². The Labute approximate surface area is 81.1 Å². The SMILES string of the molecule is COc1c(F)ccc(F)c1CCCO. The zero-order valence-electron chi connectivity index (χ0n) is 7.89. The zero-order chi connectivity index (χ0) is 10.6. The predicted molar refractivity (Wildman–Crippen MR) is 48.3 cm³/mol. The van der Waals surface area contributed by atoms with Crippen LogP contribution >= 0.6 is 0 Å². The Morgan fingerprint density at radius 3 is 2.50 bits per heavy atom. The van der Waals surface area contributed by atoms with Crippen LogP contribution in [0.1, 0.15) is 12.0 Å². The van der Waals surface area contributed by atoms with Gasteiger partial charge in [-0.2, -0.15) is 0 Å². The average molecular weight is 202 g/mol. The molecule has 0 atom stereocenters. The Morgan fingerprint density at radius 1 is 1.29 bits per heavy atom. The fourth-order valence-corrected chi connectivity index (χ4v) is 1.28. The van der Waals surface area contributed by atoms with Crippen molar-refractivity contribution in [2.75, 3.05) is 13.7 Å². The standard InChI is InChI=1S/C10H12F2O2/c1-14-10-7(3-2-6-13)8(11)4-5-9(10)12/h4-5,13H,2-3,6H2,1H3. The van der Waals surface area contributed by atoms with Gasteiger partial charge in [-0.1, -0.05) is 0 Å². The summed E-state index contributed by atoms with van der Waals surface area (Å²) in [6, 6.07) is 2.08. The number of hydrogen-bond acceptors (Lipinski definition) is 2. The summed E-state index contributed by atoms with van der Waals surface area (Å²) in [5.41, 5.74) is 0.182. The van der Waals surface area contributed by atoms with Crippen LogP contribution in [0.25, 0.3) is 0 Å². The highest BCUT2D eigenvalue weighted by Gasteiger charge is 2.13. The highest BCUT2D eigenvalue weighted by Crippen LogP contribution is 2.26. The molecule has 0 amide bonds. The summed E-state index contributed by atoms with van der Waals surface area (Å²) in [6.45, 7) is -0.0564. The highest BCUT2D eigenvalue weighted by molar-refractivity contribution is 5.36. The first kappa shape index (κ1) is 10.9. The Bertz CT molecular complexity index is 313. The van der Waals surface area contributed by atoms with Crippen LogP contribution in [0.15, 0.2) is 12.1 Å². The van der Waals surface area contributed by atoms with Crippen LogP contribution in [0, 0.1) is 11.6 Å². The lowest BCUT2D eigenvalue weighted by atomic mass is 10.1. The molecule has 78 valence electrons. The number of halogens is 2. The summed E-state index contributed by atoms with van der Waals surface area (Å²) in [6.07, 6.45) is 0.653. The van der Waals surface area contributed by atoms with Crippen LogP contribution in [-0.2, 0) is 6.42 Å². The second-order valence-electron chi connectivity index (χ2n) is 2.87. The fraction of sp³-hybridized carbons (Fsp3) is 0.400. The molecule has 0 saturated carbocycles. The third-order valence-corrected chi connectivity index (χ3v) is 1.94. The van der Waals surface area contributed by atoms with Crippen LogP contribution in [0.3, 0.4) is 0 Å². The normalized spacial score (nSPS) is 10.3. The Morgan fingerprint density at radius 2 is 1.93 bits per heavy atom. The first-order valence-electron chi connectivity index (χ1n) is 4.32. The van der Waals surface area contributed by atoms with Gasteiger partial charge in [-0.25, -0.2) is 8.78 Å². The van der Waals surface area contributed by atoms with Gasteiger partial charge in [0.25, 0.3) is 0 Å². The second-order valence-corrected chi connectivity index (χ2v) is 2.87. The molecule has 0 aromatic heterocycles. The van der Waals surface area contributed by atoms with Gasteiger partial charge in [-0.05, 0) is 25.0 Å². The number of aliphatic hydroxyl groups excluding tert-OH is 1. The lowest BCUT2D eigenvalue weighted by Crippen LogP contribution is -2.00. The second kappa shape index (κ2) is 4.91. The molecule has 1 aromatic carbocycles. The smallest absolute Gasteiger partial charge is 0.165 e. The molecule has 1 rings (SSSR count). The molecule has 0 aliphatic heterocycles. The zero-order valence-corrected chi connectivity index (χ0v) is 7.89. The molecule has 0 fully saturated rings. The first-order valence-corrected chi connectivity index (χ1v) is 4.32. The molecule has 0 saturated heterocycles. The van der Waals surface area contributed by atoms with Crippen LogP contribution in [0.4, 0.5) is 8.78 Å². The lowest BCUT2D eigenvalue weighted by molar-refractivity contribution is 0.286. The summed E-state index contributed by atoms with van der Waals surface area (Å²) >= 11 is 0. The Balaban J connectivity index is 3.03. The van der Waals surface area contributed by atoms with E-state index < -0.39 is 11.6 Å². The van der Waals surface area contributed by atoms with E-state index in [9.17, 15) is 8.78 Å². The lowest BCUT2D eigenvalue weighted by Gasteiger charge is -2.09. The predicted octanol–water partition coefficient (Wildman–Crippen LogP) is 1.90. The Kier molecular flexibility index (Phi) is 3.83. The highest BCUT2D eigenvalue weighted by atomic mass is 19.1. The minimum atomic E-state index is -0.582. The van der Waals surface area contributed by atoms with Crippen molar-refractivity contribution in [1.82, 2.24) is 0 Å². The van der Waals surface area contributed by atoms with Crippen molar-refractivity contribution in [3.05, 3.63) is 29.3 Å². The summed E-state index contributed by atoms with van der Waals surface area (Å²) < 4.78 is 31.1. The molecular weight excluding hydrogens is 190 g/mol. The third-order valence-electron chi connectivity index (χ3n) is 1.94. The van der Waals surface area contributed by atoms with Gasteiger partial charge in [-0.15, -0.1) is 0 Å². The van der Waals surface area contributed by atoms with E-state index in [4.69, 9.17) is 9.84 Å². The minimum absolute atomic E-state index is 0.0564. The molecule has 0 radical (unpaired) electrons. The first-order chi connectivity index (χ1) is 6.70. The van der Waals surface area contributed by atoms with Crippen molar-refractivity contribution in [2.24, 2.45) is 0 Å². The van der Waals surface area contributed by atoms with Crippen LogP contribution in [-0.4, -0.2) is 18.8 Å². The largest absolute Gasteiger partial charge is 0.493 e. The van der Waals surface area contributed by atoms with E-state index in [0.29, 0.717) is 6.42 Å². The van der Waals surface area contributed by atoms with Crippen LogP contribution in [0.2, 0.25) is 0 Å². The maximum absolute atomic E-state index is 13.2. The molecule has 1 N–H and O–H groups in total. The monoisotopic (exact) mass is 202 g/mol. The van der Waals surface area contributed by atoms with Gasteiger partial charge in [0.1, 0.15) is 5.82 Å². The average Bonchev–Trinajstić information content (AvgIpc) is 2.19. The molecule has 1 aromatic rings. The van der Waals surface area contributed by atoms with E-state index in [-0.39, 0.29) is 24.3 Å². The van der Waals surface area contributed by atoms with E-state index in [1.165, 1.54) is 7.11 Å². The molecule has 2 nitrogen and oxygen atoms in total. The summed E-state index contributed by atoms with van der Waals surface area (Å²) in [5.74, 6) is -1.16. The van der Waals surface area contributed by atoms with Gasteiger partial charge in [0.05, 0.1) is 7.11 Å². The van der Waals surface area contributed by atoms with Gasteiger partial charge in [0, 0.05) is 12.2 Å². The fourth-order valence-electron chi connectivity index (χ4n) is 1.28. The van der Waals surface area contributed by atoms with Crippen LogP contribution < -0.4 is 4.74 Å². The molecule has 0 aliphatic rings. The van der Waals surface area contributed by atoms with Gasteiger partial charge in [0.2, 0.25) is 0 Å². The summed E-state index contributed by atoms with van der Waals surface area (Å²) in [7, 11) is 1.29. The van der Waals surface area contributed by atoms with Crippen molar-refractivity contribution in [2.45, 2.75) is 12.8 Å². The molecular formula is C10H12F2O2. The van der Waals surface area contributed by atoms with Crippen molar-refractivity contribution in [3.63, 3.8) is 0 Å². The van der Waals surface area contributed by atoms with E-state index in [2.05, 4.69) is 0 Å². The molecule has 0 spiro atoms. The number of methoxy groups -OCH3 is 1. The minimum Gasteiger partial charge on any atom is -0.493 e. The van der Waals surface area contributed by atoms with E-state index >= 15 is 0 Å². The van der Waals surface area contributed by atoms with Gasteiger partial charge >= 0.3 is 0 Å². The quantitative estimate of drug-likeness (QED) is 0.808. The third kappa shape index (κ3) is 2.20. The van der Waals surface area contributed by atoms with Crippen LogP contribution in [0.5, 0.6) is 5.75 Å². The van der Waals surface area contributed by atoms with Crippen molar-refractivity contribution in [3.8, 4) is 5.75 Å².